The van der Waals surface area contributed by atoms with Crippen molar-refractivity contribution in [2.24, 2.45) is 5.92 Å². The second-order valence-electron chi connectivity index (χ2n) is 4.39. The van der Waals surface area contributed by atoms with E-state index in [1.165, 1.54) is 0 Å². The maximum Gasteiger partial charge on any atom is 0.317 e. The van der Waals surface area contributed by atoms with Gasteiger partial charge in [-0.15, -0.1) is 0 Å². The van der Waals surface area contributed by atoms with Gasteiger partial charge >= 0.3 is 12.0 Å². The third-order valence-corrected chi connectivity index (χ3v) is 3.16. The topological polar surface area (TPSA) is 82.8 Å². The number of aliphatic carboxylic acids is 1. The quantitative estimate of drug-likeness (QED) is 0.849. The number of nitrogens with one attached hydrogen (secondary N) is 1. The van der Waals surface area contributed by atoms with Gasteiger partial charge in [0.15, 0.2) is 0 Å². The van der Waals surface area contributed by atoms with Crippen molar-refractivity contribution in [3.05, 3.63) is 24.2 Å². The predicted octanol–water partition coefficient (Wildman–Crippen LogP) is 1.29. The Hall–Kier alpha value is -1.98. The molecule has 1 fully saturated rings. The zero-order chi connectivity index (χ0) is 13.0. The first kappa shape index (κ1) is 12.5. The van der Waals surface area contributed by atoms with Crippen LogP contribution in [0.15, 0.2) is 23.0 Å². The van der Waals surface area contributed by atoms with Gasteiger partial charge < -0.3 is 19.7 Å². The molecule has 0 aromatic carbocycles. The Bertz CT molecular complexity index is 408. The minimum Gasteiger partial charge on any atom is -0.481 e. The molecule has 6 nitrogen and oxygen atoms in total. The van der Waals surface area contributed by atoms with Gasteiger partial charge in [-0.1, -0.05) is 0 Å². The molecular formula is C12H16N2O4. The van der Waals surface area contributed by atoms with E-state index >= 15 is 0 Å². The fourth-order valence-corrected chi connectivity index (χ4v) is 2.01. The van der Waals surface area contributed by atoms with Crippen molar-refractivity contribution in [2.75, 3.05) is 13.1 Å². The van der Waals surface area contributed by atoms with Gasteiger partial charge in [-0.3, -0.25) is 4.79 Å². The average Bonchev–Trinajstić information content (AvgIpc) is 2.89. The maximum atomic E-state index is 11.8. The number of nitrogens with zero attached hydrogens (tertiary/aromatic N) is 1. The smallest absolute Gasteiger partial charge is 0.317 e. The van der Waals surface area contributed by atoms with E-state index in [1.807, 2.05) is 0 Å². The van der Waals surface area contributed by atoms with Crippen LogP contribution in [0.4, 0.5) is 4.79 Å². The highest BCUT2D eigenvalue weighted by molar-refractivity contribution is 5.75. The molecule has 1 saturated heterocycles. The Labute approximate surface area is 105 Å². The van der Waals surface area contributed by atoms with E-state index < -0.39 is 5.97 Å². The number of carbonyl (C=O) groups excluding carboxylic acids is 1. The van der Waals surface area contributed by atoms with Crippen LogP contribution in [0, 0.1) is 5.92 Å². The van der Waals surface area contributed by atoms with Gasteiger partial charge in [0.25, 0.3) is 0 Å². The summed E-state index contributed by atoms with van der Waals surface area (Å²) in [7, 11) is 0. The second kappa shape index (κ2) is 5.57. The number of carbonyl (C=O) groups is 2. The summed E-state index contributed by atoms with van der Waals surface area (Å²) in [4.78, 5) is 24.2. The minimum absolute atomic E-state index is 0.153. The molecule has 2 N–H and O–H groups in total. The van der Waals surface area contributed by atoms with Crippen LogP contribution in [-0.2, 0) is 11.3 Å². The second-order valence-corrected chi connectivity index (χ2v) is 4.39. The molecule has 0 radical (unpaired) electrons. The van der Waals surface area contributed by atoms with Crippen LogP contribution in [0.3, 0.4) is 0 Å². The summed E-state index contributed by atoms with van der Waals surface area (Å²) in [6.07, 6.45) is 4.18. The fraction of sp³-hybridized carbons (Fsp3) is 0.500. The van der Waals surface area contributed by atoms with Crippen molar-refractivity contribution in [1.82, 2.24) is 10.2 Å². The molecule has 0 spiro atoms. The van der Waals surface area contributed by atoms with E-state index in [0.717, 1.165) is 5.56 Å². The largest absolute Gasteiger partial charge is 0.481 e. The zero-order valence-corrected chi connectivity index (χ0v) is 9.96. The summed E-state index contributed by atoms with van der Waals surface area (Å²) in [5.41, 5.74) is 0.906. The van der Waals surface area contributed by atoms with E-state index in [-0.39, 0.29) is 11.9 Å². The Morgan fingerprint density at radius 1 is 1.44 bits per heavy atom. The maximum absolute atomic E-state index is 11.8. The number of rotatable bonds is 3. The summed E-state index contributed by atoms with van der Waals surface area (Å²) >= 11 is 0. The Morgan fingerprint density at radius 2 is 2.17 bits per heavy atom. The van der Waals surface area contributed by atoms with Gasteiger partial charge in [-0.2, -0.15) is 0 Å². The molecule has 0 bridgehead atoms. The lowest BCUT2D eigenvalue weighted by Gasteiger charge is -2.30. The van der Waals surface area contributed by atoms with Crippen LogP contribution in [0.25, 0.3) is 0 Å². The standard InChI is InChI=1S/C12H16N2O4/c15-11(16)10-1-4-14(5-2-10)12(17)13-7-9-3-6-18-8-9/h3,6,8,10H,1-2,4-5,7H2,(H,13,17)(H,15,16). The molecule has 1 aliphatic heterocycles. The number of hydrogen-bond donors (Lipinski definition) is 2. The molecule has 1 aromatic rings. The number of likely N-dealkylation sites (tertiary alicyclic amines) is 1. The molecule has 2 rings (SSSR count). The van der Waals surface area contributed by atoms with E-state index in [2.05, 4.69) is 5.32 Å². The molecule has 6 heteroatoms. The number of urea groups is 1. The van der Waals surface area contributed by atoms with Crippen molar-refractivity contribution >= 4 is 12.0 Å². The van der Waals surface area contributed by atoms with Crippen molar-refractivity contribution in [3.63, 3.8) is 0 Å². The molecule has 18 heavy (non-hydrogen) atoms. The molecule has 1 aromatic heterocycles. The van der Waals surface area contributed by atoms with Gasteiger partial charge in [-0.25, -0.2) is 4.79 Å². The summed E-state index contributed by atoms with van der Waals surface area (Å²) in [6.45, 7) is 1.41. The van der Waals surface area contributed by atoms with Crippen molar-refractivity contribution < 1.29 is 19.1 Å². The van der Waals surface area contributed by atoms with E-state index in [0.29, 0.717) is 32.5 Å². The first-order valence-corrected chi connectivity index (χ1v) is 5.93. The number of amides is 2. The van der Waals surface area contributed by atoms with Crippen LogP contribution in [0.5, 0.6) is 0 Å². The molecule has 2 heterocycles. The summed E-state index contributed by atoms with van der Waals surface area (Å²) in [5.74, 6) is -1.09. The van der Waals surface area contributed by atoms with Crippen molar-refractivity contribution in [1.29, 1.82) is 0 Å². The third-order valence-electron chi connectivity index (χ3n) is 3.16. The van der Waals surface area contributed by atoms with Crippen LogP contribution in [0.1, 0.15) is 18.4 Å². The number of piperidine rings is 1. The van der Waals surface area contributed by atoms with E-state index in [4.69, 9.17) is 9.52 Å². The van der Waals surface area contributed by atoms with Gasteiger partial charge in [0.2, 0.25) is 0 Å². The molecule has 0 atom stereocenters. The minimum atomic E-state index is -0.770. The normalized spacial score (nSPS) is 16.6. The SMILES string of the molecule is O=C(O)C1CCN(C(=O)NCc2ccoc2)CC1. The van der Waals surface area contributed by atoms with Gasteiger partial charge in [0.1, 0.15) is 0 Å². The fourth-order valence-electron chi connectivity index (χ4n) is 2.01. The molecule has 1 aliphatic rings. The lowest BCUT2D eigenvalue weighted by molar-refractivity contribution is -0.143. The summed E-state index contributed by atoms with van der Waals surface area (Å²) < 4.78 is 4.90. The Kier molecular flexibility index (Phi) is 3.86. The van der Waals surface area contributed by atoms with Gasteiger partial charge in [0.05, 0.1) is 18.4 Å². The van der Waals surface area contributed by atoms with Crippen LogP contribution in [-0.4, -0.2) is 35.1 Å². The highest BCUT2D eigenvalue weighted by Gasteiger charge is 2.26. The van der Waals surface area contributed by atoms with Crippen LogP contribution in [0.2, 0.25) is 0 Å². The van der Waals surface area contributed by atoms with Crippen LogP contribution >= 0.6 is 0 Å². The zero-order valence-electron chi connectivity index (χ0n) is 9.96. The van der Waals surface area contributed by atoms with Gasteiger partial charge in [0, 0.05) is 25.2 Å². The molecule has 0 aliphatic carbocycles. The van der Waals surface area contributed by atoms with Crippen molar-refractivity contribution in [2.45, 2.75) is 19.4 Å². The van der Waals surface area contributed by atoms with Crippen molar-refractivity contribution in [3.8, 4) is 0 Å². The van der Waals surface area contributed by atoms with Crippen LogP contribution < -0.4 is 5.32 Å². The lowest BCUT2D eigenvalue weighted by Crippen LogP contribution is -2.45. The Morgan fingerprint density at radius 3 is 2.72 bits per heavy atom. The first-order valence-electron chi connectivity index (χ1n) is 5.93. The monoisotopic (exact) mass is 252 g/mol. The summed E-state index contributed by atoms with van der Waals surface area (Å²) in [6, 6.07) is 1.64. The number of carboxylic acids is 1. The van der Waals surface area contributed by atoms with E-state index in [1.54, 1.807) is 23.5 Å². The lowest BCUT2D eigenvalue weighted by atomic mass is 9.97. The highest BCUT2D eigenvalue weighted by Crippen LogP contribution is 2.17. The number of carboxylic acid groups (broad SMARTS) is 1. The first-order chi connectivity index (χ1) is 8.66. The third kappa shape index (κ3) is 3.03. The molecule has 98 valence electrons. The highest BCUT2D eigenvalue weighted by atomic mass is 16.4. The Balaban J connectivity index is 1.75. The summed E-state index contributed by atoms with van der Waals surface area (Å²) in [5, 5.41) is 11.6. The van der Waals surface area contributed by atoms with Gasteiger partial charge in [-0.05, 0) is 18.9 Å². The number of furan rings is 1. The molecular weight excluding hydrogens is 236 g/mol. The van der Waals surface area contributed by atoms with E-state index in [9.17, 15) is 9.59 Å². The number of hydrogen-bond acceptors (Lipinski definition) is 3. The molecule has 0 unspecified atom stereocenters. The predicted molar refractivity (Wildman–Crippen MR) is 62.9 cm³/mol. The molecule has 2 amide bonds. The molecule has 0 saturated carbocycles. The average molecular weight is 252 g/mol.